The lowest BCUT2D eigenvalue weighted by atomic mass is 10.1. The third-order valence-electron chi connectivity index (χ3n) is 3.60. The maximum Gasteiger partial charge on any atom is 0.573 e. The van der Waals surface area contributed by atoms with Crippen LogP contribution in [0.4, 0.5) is 13.2 Å². The first-order valence-electron chi connectivity index (χ1n) is 8.30. The van der Waals surface area contributed by atoms with E-state index in [2.05, 4.69) is 9.46 Å². The van der Waals surface area contributed by atoms with E-state index in [4.69, 9.17) is 9.47 Å². The van der Waals surface area contributed by atoms with Crippen molar-refractivity contribution in [2.75, 3.05) is 20.3 Å². The highest BCUT2D eigenvalue weighted by Crippen LogP contribution is 2.30. The van der Waals surface area contributed by atoms with Crippen molar-refractivity contribution in [2.24, 2.45) is 0 Å². The molecule has 2 aromatic rings. The minimum absolute atomic E-state index is 0.0280. The van der Waals surface area contributed by atoms with Gasteiger partial charge in [0.05, 0.1) is 13.7 Å². The lowest BCUT2D eigenvalue weighted by molar-refractivity contribution is -0.275. The molecule has 0 heterocycles. The van der Waals surface area contributed by atoms with Gasteiger partial charge in [-0.2, -0.15) is 0 Å². The van der Waals surface area contributed by atoms with Crippen molar-refractivity contribution >= 4 is 10.0 Å². The largest absolute Gasteiger partial charge is 0.573 e. The SMILES string of the molecule is CCOc1ccc(CCNS(=O)(=O)c2ccccc2OC(F)(F)F)cc1OC. The molecule has 0 amide bonds. The lowest BCUT2D eigenvalue weighted by Gasteiger charge is -2.14. The van der Waals surface area contributed by atoms with Crippen molar-refractivity contribution in [3.63, 3.8) is 0 Å². The van der Waals surface area contributed by atoms with E-state index in [9.17, 15) is 21.6 Å². The van der Waals surface area contributed by atoms with E-state index in [1.54, 1.807) is 18.2 Å². The summed E-state index contributed by atoms with van der Waals surface area (Å²) >= 11 is 0. The van der Waals surface area contributed by atoms with Crippen LogP contribution in [0.25, 0.3) is 0 Å². The van der Waals surface area contributed by atoms with E-state index in [0.29, 0.717) is 24.5 Å². The van der Waals surface area contributed by atoms with Crippen LogP contribution in [0, 0.1) is 0 Å². The van der Waals surface area contributed by atoms with Gasteiger partial charge >= 0.3 is 6.36 Å². The van der Waals surface area contributed by atoms with Crippen molar-refractivity contribution < 1.29 is 35.8 Å². The Morgan fingerprint density at radius 3 is 2.39 bits per heavy atom. The third kappa shape index (κ3) is 6.03. The van der Waals surface area contributed by atoms with Crippen LogP contribution < -0.4 is 18.9 Å². The molecule has 2 aromatic carbocycles. The number of methoxy groups -OCH3 is 1. The average Bonchev–Trinajstić information content (AvgIpc) is 2.62. The summed E-state index contributed by atoms with van der Waals surface area (Å²) in [5.41, 5.74) is 0.767. The molecule has 0 unspecified atom stereocenters. The first-order valence-corrected chi connectivity index (χ1v) is 9.78. The number of halogens is 3. The van der Waals surface area contributed by atoms with Crippen LogP contribution in [0.15, 0.2) is 47.4 Å². The fraction of sp³-hybridized carbons (Fsp3) is 0.333. The van der Waals surface area contributed by atoms with Crippen LogP contribution in [-0.2, 0) is 16.4 Å². The molecule has 0 aliphatic heterocycles. The Morgan fingerprint density at radius 2 is 1.75 bits per heavy atom. The molecule has 6 nitrogen and oxygen atoms in total. The summed E-state index contributed by atoms with van der Waals surface area (Å²) in [7, 11) is -2.71. The molecule has 0 fully saturated rings. The molecule has 0 saturated carbocycles. The third-order valence-corrected chi connectivity index (χ3v) is 5.10. The van der Waals surface area contributed by atoms with E-state index in [1.165, 1.54) is 19.2 Å². The van der Waals surface area contributed by atoms with Crippen LogP contribution in [0.3, 0.4) is 0 Å². The second kappa shape index (κ2) is 9.16. The molecule has 2 rings (SSSR count). The van der Waals surface area contributed by atoms with Crippen molar-refractivity contribution in [1.82, 2.24) is 4.72 Å². The number of hydrogen-bond acceptors (Lipinski definition) is 5. The number of rotatable bonds is 9. The van der Waals surface area contributed by atoms with Gasteiger partial charge in [-0.3, -0.25) is 0 Å². The van der Waals surface area contributed by atoms with Crippen LogP contribution in [0.2, 0.25) is 0 Å². The maximum atomic E-state index is 12.5. The fourth-order valence-electron chi connectivity index (χ4n) is 2.43. The first kappa shape index (κ1) is 21.8. The normalized spacial score (nSPS) is 11.9. The molecule has 0 aromatic heterocycles. The zero-order valence-electron chi connectivity index (χ0n) is 15.2. The van der Waals surface area contributed by atoms with Gasteiger partial charge in [0.1, 0.15) is 10.6 Å². The monoisotopic (exact) mass is 419 g/mol. The van der Waals surface area contributed by atoms with Gasteiger partial charge < -0.3 is 14.2 Å². The molecule has 10 heteroatoms. The van der Waals surface area contributed by atoms with Crippen molar-refractivity contribution in [3.05, 3.63) is 48.0 Å². The Bertz CT molecular complexity index is 900. The van der Waals surface area contributed by atoms with Gasteiger partial charge in [-0.15, -0.1) is 13.2 Å². The summed E-state index contributed by atoms with van der Waals surface area (Å²) in [5, 5.41) is 0. The summed E-state index contributed by atoms with van der Waals surface area (Å²) in [6, 6.07) is 9.73. The number of hydrogen-bond donors (Lipinski definition) is 1. The summed E-state index contributed by atoms with van der Waals surface area (Å²) in [5.74, 6) is 0.281. The van der Waals surface area contributed by atoms with E-state index < -0.39 is 27.0 Å². The number of ether oxygens (including phenoxy) is 3. The van der Waals surface area contributed by atoms with Gasteiger partial charge in [0.2, 0.25) is 10.0 Å². The van der Waals surface area contributed by atoms with E-state index in [-0.39, 0.29) is 6.54 Å². The number of para-hydroxylation sites is 1. The predicted molar refractivity (Wildman–Crippen MR) is 96.2 cm³/mol. The molecule has 0 saturated heterocycles. The Morgan fingerprint density at radius 1 is 1.04 bits per heavy atom. The standard InChI is InChI=1S/C18H20F3NO5S/c1-3-26-14-9-8-13(12-16(14)25-2)10-11-22-28(23,24)17-7-5-4-6-15(17)27-18(19,20)21/h4-9,12,22H,3,10-11H2,1-2H3. The Labute approximate surface area is 161 Å². The fourth-order valence-corrected chi connectivity index (χ4v) is 3.59. The van der Waals surface area contributed by atoms with E-state index in [0.717, 1.165) is 17.7 Å². The van der Waals surface area contributed by atoms with E-state index >= 15 is 0 Å². The molecule has 28 heavy (non-hydrogen) atoms. The van der Waals surface area contributed by atoms with Crippen LogP contribution in [-0.4, -0.2) is 35.0 Å². The number of nitrogens with one attached hydrogen (secondary N) is 1. The highest BCUT2D eigenvalue weighted by molar-refractivity contribution is 7.89. The minimum atomic E-state index is -5.00. The molecule has 154 valence electrons. The molecule has 0 aliphatic carbocycles. The molecule has 0 spiro atoms. The average molecular weight is 419 g/mol. The summed E-state index contributed by atoms with van der Waals surface area (Å²) in [4.78, 5) is -0.586. The van der Waals surface area contributed by atoms with Crippen LogP contribution in [0.1, 0.15) is 12.5 Å². The smallest absolute Gasteiger partial charge is 0.493 e. The van der Waals surface area contributed by atoms with Crippen molar-refractivity contribution in [2.45, 2.75) is 24.6 Å². The van der Waals surface area contributed by atoms with Gasteiger partial charge in [-0.25, -0.2) is 13.1 Å². The predicted octanol–water partition coefficient (Wildman–Crippen LogP) is 3.51. The zero-order chi connectivity index (χ0) is 20.8. The number of sulfonamides is 1. The van der Waals surface area contributed by atoms with E-state index in [1.807, 2.05) is 6.92 Å². The number of benzene rings is 2. The van der Waals surface area contributed by atoms with Gasteiger partial charge in [-0.05, 0) is 43.2 Å². The summed E-state index contributed by atoms with van der Waals surface area (Å²) in [6.07, 6.45) is -4.70. The van der Waals surface area contributed by atoms with Gasteiger partial charge in [0, 0.05) is 6.54 Å². The highest BCUT2D eigenvalue weighted by atomic mass is 32.2. The molecule has 0 aliphatic rings. The minimum Gasteiger partial charge on any atom is -0.493 e. The highest BCUT2D eigenvalue weighted by Gasteiger charge is 2.33. The Hall–Kier alpha value is -2.46. The number of alkyl halides is 3. The van der Waals surface area contributed by atoms with Gasteiger partial charge in [0.25, 0.3) is 0 Å². The quantitative estimate of drug-likeness (QED) is 0.673. The van der Waals surface area contributed by atoms with Gasteiger partial charge in [-0.1, -0.05) is 18.2 Å². The first-order chi connectivity index (χ1) is 13.2. The molecule has 0 radical (unpaired) electrons. The van der Waals surface area contributed by atoms with Crippen LogP contribution >= 0.6 is 0 Å². The topological polar surface area (TPSA) is 73.9 Å². The van der Waals surface area contributed by atoms with Crippen LogP contribution in [0.5, 0.6) is 17.2 Å². The molecule has 1 N–H and O–H groups in total. The molecular weight excluding hydrogens is 399 g/mol. The van der Waals surface area contributed by atoms with Crippen molar-refractivity contribution in [1.29, 1.82) is 0 Å². The molecule has 0 atom stereocenters. The zero-order valence-corrected chi connectivity index (χ0v) is 16.1. The lowest BCUT2D eigenvalue weighted by Crippen LogP contribution is -2.27. The second-order valence-electron chi connectivity index (χ2n) is 5.56. The Balaban J connectivity index is 2.09. The summed E-state index contributed by atoms with van der Waals surface area (Å²) in [6.45, 7) is 2.28. The summed E-state index contributed by atoms with van der Waals surface area (Å²) < 4.78 is 78.9. The Kier molecular flexibility index (Phi) is 7.14. The maximum absolute atomic E-state index is 12.5. The molecule has 0 bridgehead atoms. The van der Waals surface area contributed by atoms with Gasteiger partial charge in [0.15, 0.2) is 11.5 Å². The van der Waals surface area contributed by atoms with Crippen molar-refractivity contribution in [3.8, 4) is 17.2 Å². The molecular formula is C18H20F3NO5S. The second-order valence-corrected chi connectivity index (χ2v) is 7.30.